The summed E-state index contributed by atoms with van der Waals surface area (Å²) in [5, 5.41) is 25.8. The van der Waals surface area contributed by atoms with Crippen LogP contribution in [0.5, 0.6) is 5.75 Å². The molecule has 2 rings (SSSR count). The van der Waals surface area contributed by atoms with Gasteiger partial charge in [-0.05, 0) is 36.6 Å². The van der Waals surface area contributed by atoms with E-state index >= 15 is 0 Å². The third kappa shape index (κ3) is 5.58. The number of aryl methyl sites for hydroxylation is 1. The van der Waals surface area contributed by atoms with Crippen LogP contribution in [0.15, 0.2) is 36.9 Å². The first-order valence-corrected chi connectivity index (χ1v) is 8.40. The second-order valence-corrected chi connectivity index (χ2v) is 6.22. The van der Waals surface area contributed by atoms with Crippen molar-refractivity contribution in [2.75, 3.05) is 20.1 Å². The normalized spacial score (nSPS) is 13.4. The molecule has 0 fully saturated rings. The number of hydrogen-bond acceptors (Lipinski definition) is 5. The van der Waals surface area contributed by atoms with Gasteiger partial charge in [-0.3, -0.25) is 4.79 Å². The summed E-state index contributed by atoms with van der Waals surface area (Å²) < 4.78 is 2.04. The van der Waals surface area contributed by atoms with Crippen molar-refractivity contribution in [3.8, 4) is 5.75 Å². The van der Waals surface area contributed by atoms with Gasteiger partial charge < -0.3 is 25.4 Å². The van der Waals surface area contributed by atoms with Crippen molar-refractivity contribution in [3.63, 3.8) is 0 Å². The first kappa shape index (κ1) is 19.0. The summed E-state index contributed by atoms with van der Waals surface area (Å²) >= 11 is 0. The molecule has 25 heavy (non-hydrogen) atoms. The Balaban J connectivity index is 1.79. The Hall–Kier alpha value is -2.38. The van der Waals surface area contributed by atoms with E-state index in [9.17, 15) is 15.0 Å². The van der Waals surface area contributed by atoms with Crippen molar-refractivity contribution in [2.45, 2.75) is 26.0 Å². The smallest absolute Gasteiger partial charge is 0.254 e. The predicted octanol–water partition coefficient (Wildman–Crippen LogP) is 1.30. The van der Waals surface area contributed by atoms with E-state index in [1.807, 2.05) is 10.8 Å². The lowest BCUT2D eigenvalue weighted by Crippen LogP contribution is -2.27. The fraction of sp³-hybridized carbons (Fsp3) is 0.444. The molecule has 7 nitrogen and oxygen atoms in total. The third-order valence-electron chi connectivity index (χ3n) is 4.15. The Bertz CT molecular complexity index is 673. The molecule has 0 saturated carbocycles. The SMILES string of the molecule is CNC(=O)c1cc(C(O)CNCC(C)CCn2ccnc2)ccc1O. The number of carbonyl (C=O) groups excluding carboxylic acids is 1. The lowest BCUT2D eigenvalue weighted by atomic mass is 10.0. The molecule has 0 saturated heterocycles. The predicted molar refractivity (Wildman–Crippen MR) is 95.3 cm³/mol. The Labute approximate surface area is 147 Å². The monoisotopic (exact) mass is 346 g/mol. The Kier molecular flexibility index (Phi) is 6.97. The minimum Gasteiger partial charge on any atom is -0.507 e. The van der Waals surface area contributed by atoms with Crippen molar-refractivity contribution in [3.05, 3.63) is 48.0 Å². The average molecular weight is 346 g/mol. The fourth-order valence-corrected chi connectivity index (χ4v) is 2.55. The molecule has 2 unspecified atom stereocenters. The number of phenols is 1. The molecule has 1 aromatic carbocycles. The van der Waals surface area contributed by atoms with Gasteiger partial charge in [-0.2, -0.15) is 0 Å². The number of aliphatic hydroxyl groups excluding tert-OH is 1. The second kappa shape index (κ2) is 9.19. The van der Waals surface area contributed by atoms with Crippen LogP contribution in [-0.4, -0.2) is 45.8 Å². The standard InChI is InChI=1S/C18H26N4O3/c1-13(5-7-22-8-6-20-12-22)10-21-11-17(24)14-3-4-16(23)15(9-14)18(25)19-2/h3-4,6,8-9,12-13,17,21,23-24H,5,7,10-11H2,1-2H3,(H,19,25). The van der Waals surface area contributed by atoms with Crippen LogP contribution in [0.3, 0.4) is 0 Å². The minimum absolute atomic E-state index is 0.101. The lowest BCUT2D eigenvalue weighted by Gasteiger charge is -2.17. The van der Waals surface area contributed by atoms with Crippen LogP contribution in [0.25, 0.3) is 0 Å². The first-order valence-electron chi connectivity index (χ1n) is 8.40. The molecule has 1 amide bonds. The Morgan fingerprint density at radius 2 is 2.16 bits per heavy atom. The van der Waals surface area contributed by atoms with Crippen molar-refractivity contribution in [1.82, 2.24) is 20.2 Å². The van der Waals surface area contributed by atoms with Crippen LogP contribution in [0.2, 0.25) is 0 Å². The van der Waals surface area contributed by atoms with Gasteiger partial charge in [-0.15, -0.1) is 0 Å². The molecular weight excluding hydrogens is 320 g/mol. The number of phenolic OH excluding ortho intramolecular Hbond substituents is 1. The van der Waals surface area contributed by atoms with E-state index < -0.39 is 6.10 Å². The molecular formula is C18H26N4O3. The van der Waals surface area contributed by atoms with Gasteiger partial charge in [0.25, 0.3) is 5.91 Å². The summed E-state index contributed by atoms with van der Waals surface area (Å²) in [5.41, 5.74) is 0.753. The van der Waals surface area contributed by atoms with Crippen LogP contribution in [0.1, 0.15) is 35.4 Å². The number of benzene rings is 1. The quantitative estimate of drug-likeness (QED) is 0.548. The molecule has 136 valence electrons. The number of aromatic nitrogens is 2. The maximum Gasteiger partial charge on any atom is 0.254 e. The van der Waals surface area contributed by atoms with E-state index in [0.29, 0.717) is 18.0 Å². The molecule has 0 aliphatic heterocycles. The van der Waals surface area contributed by atoms with Gasteiger partial charge in [-0.25, -0.2) is 4.98 Å². The largest absolute Gasteiger partial charge is 0.507 e. The van der Waals surface area contributed by atoms with Gasteiger partial charge in [0.05, 0.1) is 18.0 Å². The minimum atomic E-state index is -0.746. The number of amides is 1. The highest BCUT2D eigenvalue weighted by Gasteiger charge is 2.14. The van der Waals surface area contributed by atoms with Crippen LogP contribution < -0.4 is 10.6 Å². The number of aliphatic hydroxyl groups is 1. The van der Waals surface area contributed by atoms with Crippen LogP contribution >= 0.6 is 0 Å². The molecule has 2 aromatic rings. The highest BCUT2D eigenvalue weighted by molar-refractivity contribution is 5.96. The van der Waals surface area contributed by atoms with Gasteiger partial charge >= 0.3 is 0 Å². The summed E-state index contributed by atoms with van der Waals surface area (Å²) in [6, 6.07) is 4.57. The van der Waals surface area contributed by atoms with E-state index in [2.05, 4.69) is 22.5 Å². The summed E-state index contributed by atoms with van der Waals surface area (Å²) in [7, 11) is 1.50. The molecule has 1 heterocycles. The van der Waals surface area contributed by atoms with Crippen molar-refractivity contribution >= 4 is 5.91 Å². The highest BCUT2D eigenvalue weighted by Crippen LogP contribution is 2.22. The van der Waals surface area contributed by atoms with E-state index in [1.165, 1.54) is 19.2 Å². The number of hydrogen-bond donors (Lipinski definition) is 4. The Morgan fingerprint density at radius 1 is 1.36 bits per heavy atom. The van der Waals surface area contributed by atoms with Crippen LogP contribution in [0, 0.1) is 5.92 Å². The average Bonchev–Trinajstić information content (AvgIpc) is 3.13. The van der Waals surface area contributed by atoms with Crippen molar-refractivity contribution in [2.24, 2.45) is 5.92 Å². The van der Waals surface area contributed by atoms with Crippen molar-refractivity contribution in [1.29, 1.82) is 0 Å². The molecule has 0 radical (unpaired) electrons. The van der Waals surface area contributed by atoms with Gasteiger partial charge in [0.2, 0.25) is 0 Å². The van der Waals surface area contributed by atoms with Crippen LogP contribution in [-0.2, 0) is 6.54 Å². The highest BCUT2D eigenvalue weighted by atomic mass is 16.3. The lowest BCUT2D eigenvalue weighted by molar-refractivity contribution is 0.0960. The van der Waals surface area contributed by atoms with Gasteiger partial charge in [-0.1, -0.05) is 13.0 Å². The molecule has 4 N–H and O–H groups in total. The van der Waals surface area contributed by atoms with E-state index in [-0.39, 0.29) is 17.2 Å². The zero-order valence-electron chi connectivity index (χ0n) is 14.6. The summed E-state index contributed by atoms with van der Waals surface area (Å²) in [4.78, 5) is 15.7. The van der Waals surface area contributed by atoms with E-state index in [0.717, 1.165) is 19.5 Å². The Morgan fingerprint density at radius 3 is 2.84 bits per heavy atom. The van der Waals surface area contributed by atoms with Gasteiger partial charge in [0, 0.05) is 32.5 Å². The summed E-state index contributed by atoms with van der Waals surface area (Å²) in [5.74, 6) is -0.0279. The first-order chi connectivity index (χ1) is 12.0. The molecule has 1 aromatic heterocycles. The third-order valence-corrected chi connectivity index (χ3v) is 4.15. The molecule has 0 aliphatic rings. The maximum absolute atomic E-state index is 11.7. The van der Waals surface area contributed by atoms with Gasteiger partial charge in [0.1, 0.15) is 5.75 Å². The molecule has 0 aliphatic carbocycles. The number of nitrogens with one attached hydrogen (secondary N) is 2. The van der Waals surface area contributed by atoms with Gasteiger partial charge in [0.15, 0.2) is 0 Å². The topological polar surface area (TPSA) is 99.4 Å². The number of imidazole rings is 1. The zero-order chi connectivity index (χ0) is 18.2. The molecule has 2 atom stereocenters. The van der Waals surface area contributed by atoms with E-state index in [1.54, 1.807) is 18.6 Å². The van der Waals surface area contributed by atoms with Crippen molar-refractivity contribution < 1.29 is 15.0 Å². The maximum atomic E-state index is 11.7. The second-order valence-electron chi connectivity index (χ2n) is 6.22. The van der Waals surface area contributed by atoms with E-state index in [4.69, 9.17) is 0 Å². The zero-order valence-corrected chi connectivity index (χ0v) is 14.6. The number of rotatable bonds is 9. The molecule has 0 spiro atoms. The molecule has 0 bridgehead atoms. The number of nitrogens with zero attached hydrogens (tertiary/aromatic N) is 2. The van der Waals surface area contributed by atoms with Crippen LogP contribution in [0.4, 0.5) is 0 Å². The number of carbonyl (C=O) groups is 1. The molecule has 7 heteroatoms. The fourth-order valence-electron chi connectivity index (χ4n) is 2.55. The summed E-state index contributed by atoms with van der Waals surface area (Å²) in [6.45, 7) is 4.24. The number of aromatic hydroxyl groups is 1. The summed E-state index contributed by atoms with van der Waals surface area (Å²) in [6.07, 6.45) is 5.78.